The molecule has 0 fully saturated rings. The maximum absolute atomic E-state index is 11.8. The first-order chi connectivity index (χ1) is 10.8. The number of carbonyl (C=O) groups excluding carboxylic acids is 1. The Balaban J connectivity index is 2.01. The normalized spacial score (nSPS) is 10.4. The van der Waals surface area contributed by atoms with E-state index < -0.39 is 0 Å². The van der Waals surface area contributed by atoms with Gasteiger partial charge < -0.3 is 4.74 Å². The number of aromatic nitrogens is 4. The lowest BCUT2D eigenvalue weighted by Crippen LogP contribution is -2.06. The van der Waals surface area contributed by atoms with Crippen LogP contribution in [0.5, 0.6) is 0 Å². The molecule has 6 heteroatoms. The molecule has 0 aliphatic heterocycles. The third kappa shape index (κ3) is 2.71. The van der Waals surface area contributed by atoms with Crippen LogP contribution in [0.15, 0.2) is 55.0 Å². The van der Waals surface area contributed by atoms with Crippen LogP contribution in [-0.4, -0.2) is 32.6 Å². The molecule has 0 saturated carbocycles. The fourth-order valence-corrected chi connectivity index (χ4v) is 2.12. The average molecular weight is 294 g/mol. The van der Waals surface area contributed by atoms with Crippen molar-refractivity contribution in [2.75, 3.05) is 6.61 Å². The molecule has 0 amide bonds. The minimum absolute atomic E-state index is 0.341. The zero-order chi connectivity index (χ0) is 15.4. The lowest BCUT2D eigenvalue weighted by Gasteiger charge is -2.08. The lowest BCUT2D eigenvalue weighted by molar-refractivity contribution is 0.0526. The van der Waals surface area contributed by atoms with E-state index in [1.807, 2.05) is 18.2 Å². The van der Waals surface area contributed by atoms with Crippen LogP contribution >= 0.6 is 0 Å². The number of benzene rings is 1. The molecule has 0 aliphatic carbocycles. The van der Waals surface area contributed by atoms with Crippen LogP contribution < -0.4 is 0 Å². The maximum atomic E-state index is 11.8. The van der Waals surface area contributed by atoms with E-state index in [0.717, 1.165) is 16.9 Å². The highest BCUT2D eigenvalue weighted by atomic mass is 16.5. The zero-order valence-electron chi connectivity index (χ0n) is 12.0. The largest absolute Gasteiger partial charge is 0.462 e. The van der Waals surface area contributed by atoms with Crippen LogP contribution in [0.1, 0.15) is 17.3 Å². The van der Waals surface area contributed by atoms with Crippen molar-refractivity contribution in [2.24, 2.45) is 0 Å². The van der Waals surface area contributed by atoms with E-state index >= 15 is 0 Å². The monoisotopic (exact) mass is 294 g/mol. The molecule has 0 bridgehead atoms. The van der Waals surface area contributed by atoms with Gasteiger partial charge in [0.25, 0.3) is 0 Å². The number of rotatable bonds is 4. The van der Waals surface area contributed by atoms with E-state index in [9.17, 15) is 4.79 Å². The molecule has 2 heterocycles. The second kappa shape index (κ2) is 6.17. The highest BCUT2D eigenvalue weighted by Gasteiger charge is 2.12. The molecule has 3 rings (SSSR count). The Morgan fingerprint density at radius 3 is 2.91 bits per heavy atom. The summed E-state index contributed by atoms with van der Waals surface area (Å²) in [6.07, 6.45) is 5.11. The number of ether oxygens (including phenoxy) is 1. The molecule has 6 nitrogen and oxygen atoms in total. The van der Waals surface area contributed by atoms with E-state index in [1.54, 1.807) is 48.4 Å². The molecule has 0 spiro atoms. The van der Waals surface area contributed by atoms with Gasteiger partial charge in [0.15, 0.2) is 0 Å². The summed E-state index contributed by atoms with van der Waals surface area (Å²) in [5.41, 5.74) is 2.91. The highest BCUT2D eigenvalue weighted by molar-refractivity contribution is 5.90. The van der Waals surface area contributed by atoms with Crippen LogP contribution in [0, 0.1) is 0 Å². The van der Waals surface area contributed by atoms with Gasteiger partial charge in [0.1, 0.15) is 0 Å². The van der Waals surface area contributed by atoms with E-state index in [4.69, 9.17) is 4.74 Å². The van der Waals surface area contributed by atoms with Crippen LogP contribution in [0.4, 0.5) is 0 Å². The summed E-state index contributed by atoms with van der Waals surface area (Å²) in [7, 11) is 0. The predicted molar refractivity (Wildman–Crippen MR) is 80.5 cm³/mol. The number of hydrogen-bond acceptors (Lipinski definition) is 5. The Hall–Kier alpha value is -3.02. The van der Waals surface area contributed by atoms with Crippen molar-refractivity contribution in [3.63, 3.8) is 0 Å². The molecule has 22 heavy (non-hydrogen) atoms. The molecule has 3 aromatic rings. The Morgan fingerprint density at radius 1 is 1.23 bits per heavy atom. The smallest absolute Gasteiger partial charge is 0.338 e. The fourth-order valence-electron chi connectivity index (χ4n) is 2.12. The van der Waals surface area contributed by atoms with Crippen molar-refractivity contribution in [2.45, 2.75) is 6.92 Å². The SMILES string of the molecule is CCOC(=O)c1cccc(-n2nncc2-c2cccnc2)c1. The first-order valence-corrected chi connectivity index (χ1v) is 6.88. The van der Waals surface area contributed by atoms with Crippen molar-refractivity contribution < 1.29 is 9.53 Å². The standard InChI is InChI=1S/C16H14N4O2/c1-2-22-16(21)12-5-3-7-14(9-12)20-15(11-18-19-20)13-6-4-8-17-10-13/h3-11H,2H2,1H3. The van der Waals surface area contributed by atoms with Gasteiger partial charge in [0.05, 0.1) is 29.7 Å². The number of carbonyl (C=O) groups is 1. The van der Waals surface area contributed by atoms with Crippen molar-refractivity contribution in [3.8, 4) is 16.9 Å². The second-order valence-corrected chi connectivity index (χ2v) is 4.54. The van der Waals surface area contributed by atoms with Gasteiger partial charge in [-0.3, -0.25) is 4.98 Å². The molecule has 0 unspecified atom stereocenters. The van der Waals surface area contributed by atoms with E-state index in [1.165, 1.54) is 0 Å². The van der Waals surface area contributed by atoms with Gasteiger partial charge in [-0.1, -0.05) is 11.3 Å². The minimum atomic E-state index is -0.354. The quantitative estimate of drug-likeness (QED) is 0.691. The Labute approximate surface area is 127 Å². The first kappa shape index (κ1) is 13.9. The molecule has 1 aromatic carbocycles. The third-order valence-corrected chi connectivity index (χ3v) is 3.11. The lowest BCUT2D eigenvalue weighted by atomic mass is 10.2. The highest BCUT2D eigenvalue weighted by Crippen LogP contribution is 2.21. The second-order valence-electron chi connectivity index (χ2n) is 4.54. The molecule has 0 N–H and O–H groups in total. The van der Waals surface area contributed by atoms with E-state index in [-0.39, 0.29) is 5.97 Å². The molecular weight excluding hydrogens is 280 g/mol. The van der Waals surface area contributed by atoms with E-state index in [0.29, 0.717) is 12.2 Å². The number of hydrogen-bond donors (Lipinski definition) is 0. The third-order valence-electron chi connectivity index (χ3n) is 3.11. The van der Waals surface area contributed by atoms with Crippen molar-refractivity contribution >= 4 is 5.97 Å². The number of pyridine rings is 1. The maximum Gasteiger partial charge on any atom is 0.338 e. The van der Waals surface area contributed by atoms with Gasteiger partial charge in [-0.2, -0.15) is 0 Å². The van der Waals surface area contributed by atoms with Crippen LogP contribution in [-0.2, 0) is 4.74 Å². The molecule has 0 radical (unpaired) electrons. The summed E-state index contributed by atoms with van der Waals surface area (Å²) in [6, 6.07) is 10.9. The summed E-state index contributed by atoms with van der Waals surface area (Å²) in [6.45, 7) is 2.12. The Kier molecular flexibility index (Phi) is 3.91. The Morgan fingerprint density at radius 2 is 2.14 bits per heavy atom. The van der Waals surface area contributed by atoms with Gasteiger partial charge in [0.2, 0.25) is 0 Å². The first-order valence-electron chi connectivity index (χ1n) is 6.88. The summed E-state index contributed by atoms with van der Waals surface area (Å²) >= 11 is 0. The van der Waals surface area contributed by atoms with Crippen LogP contribution in [0.25, 0.3) is 16.9 Å². The van der Waals surface area contributed by atoms with Crippen molar-refractivity contribution in [1.82, 2.24) is 20.0 Å². The Bertz CT molecular complexity index is 784. The van der Waals surface area contributed by atoms with Gasteiger partial charge in [-0.05, 0) is 37.3 Å². The molecule has 0 atom stereocenters. The van der Waals surface area contributed by atoms with Crippen molar-refractivity contribution in [1.29, 1.82) is 0 Å². The summed E-state index contributed by atoms with van der Waals surface area (Å²) in [5, 5.41) is 8.05. The summed E-state index contributed by atoms with van der Waals surface area (Å²) in [4.78, 5) is 15.9. The molecule has 0 aliphatic rings. The van der Waals surface area contributed by atoms with Gasteiger partial charge in [-0.15, -0.1) is 5.10 Å². The molecule has 0 saturated heterocycles. The zero-order valence-corrected chi connectivity index (χ0v) is 12.0. The van der Waals surface area contributed by atoms with Crippen LogP contribution in [0.2, 0.25) is 0 Å². The number of esters is 1. The average Bonchev–Trinajstić information content (AvgIpc) is 3.06. The predicted octanol–water partition coefficient (Wildman–Crippen LogP) is 2.51. The summed E-state index contributed by atoms with van der Waals surface area (Å²) in [5.74, 6) is -0.354. The van der Waals surface area contributed by atoms with Gasteiger partial charge in [-0.25, -0.2) is 9.48 Å². The molecule has 110 valence electrons. The van der Waals surface area contributed by atoms with Crippen molar-refractivity contribution in [3.05, 3.63) is 60.6 Å². The molecule has 2 aromatic heterocycles. The fraction of sp³-hybridized carbons (Fsp3) is 0.125. The molecular formula is C16H14N4O2. The van der Waals surface area contributed by atoms with E-state index in [2.05, 4.69) is 15.3 Å². The van der Waals surface area contributed by atoms with Gasteiger partial charge in [0, 0.05) is 18.0 Å². The number of nitrogens with zero attached hydrogens (tertiary/aromatic N) is 4. The minimum Gasteiger partial charge on any atom is -0.462 e. The topological polar surface area (TPSA) is 69.9 Å². The van der Waals surface area contributed by atoms with Crippen LogP contribution in [0.3, 0.4) is 0 Å². The van der Waals surface area contributed by atoms with Gasteiger partial charge >= 0.3 is 5.97 Å². The summed E-state index contributed by atoms with van der Waals surface area (Å²) < 4.78 is 6.69.